The van der Waals surface area contributed by atoms with Crippen molar-refractivity contribution in [2.75, 3.05) is 13.2 Å². The third-order valence-corrected chi connectivity index (χ3v) is 4.41. The smallest absolute Gasteiger partial charge is 0.126 e. The molecule has 0 radical (unpaired) electrons. The Morgan fingerprint density at radius 3 is 2.92 bits per heavy atom. The minimum Gasteiger partial charge on any atom is -0.493 e. The van der Waals surface area contributed by atoms with Gasteiger partial charge in [0.25, 0.3) is 0 Å². The number of hydrogen-bond acceptors (Lipinski definition) is 3. The molecule has 0 amide bonds. The molecule has 0 saturated carbocycles. The Bertz CT molecular complexity index is 560. The molecule has 1 aromatic carbocycles. The van der Waals surface area contributed by atoms with E-state index in [2.05, 4.69) is 39.8 Å². The van der Waals surface area contributed by atoms with Gasteiger partial charge >= 0.3 is 0 Å². The predicted octanol–water partition coefficient (Wildman–Crippen LogP) is 5.32. The molecule has 0 spiro atoms. The van der Waals surface area contributed by atoms with E-state index in [0.717, 1.165) is 43.8 Å². The average molecular weight is 332 g/mol. The zero-order valence-electron chi connectivity index (χ0n) is 15.9. The molecule has 3 nitrogen and oxygen atoms in total. The summed E-state index contributed by atoms with van der Waals surface area (Å²) >= 11 is 0. The van der Waals surface area contributed by atoms with E-state index in [-0.39, 0.29) is 11.7 Å². The van der Waals surface area contributed by atoms with E-state index < -0.39 is 0 Å². The van der Waals surface area contributed by atoms with E-state index in [4.69, 9.17) is 14.2 Å². The van der Waals surface area contributed by atoms with E-state index in [1.54, 1.807) is 0 Å². The van der Waals surface area contributed by atoms with Crippen molar-refractivity contribution in [3.63, 3.8) is 0 Å². The first-order valence-corrected chi connectivity index (χ1v) is 9.11. The highest BCUT2D eigenvalue weighted by Crippen LogP contribution is 2.32. The second-order valence-electron chi connectivity index (χ2n) is 7.28. The Balaban J connectivity index is 1.71. The summed E-state index contributed by atoms with van der Waals surface area (Å²) in [5.74, 6) is 1.87. The predicted molar refractivity (Wildman–Crippen MR) is 99.0 cm³/mol. The molecule has 1 atom stereocenters. The van der Waals surface area contributed by atoms with Crippen molar-refractivity contribution >= 4 is 0 Å². The third-order valence-electron chi connectivity index (χ3n) is 4.41. The van der Waals surface area contributed by atoms with Gasteiger partial charge in [-0.1, -0.05) is 17.7 Å². The van der Waals surface area contributed by atoms with Crippen molar-refractivity contribution in [1.29, 1.82) is 0 Å². The molecule has 1 unspecified atom stereocenters. The van der Waals surface area contributed by atoms with E-state index in [9.17, 15) is 0 Å². The van der Waals surface area contributed by atoms with Crippen molar-refractivity contribution in [2.45, 2.75) is 72.0 Å². The number of fused-ring (bicyclic) bond motifs is 1. The highest BCUT2D eigenvalue weighted by Gasteiger charge is 2.19. The number of allylic oxidation sites excluding steroid dienone is 1. The Morgan fingerprint density at radius 1 is 1.38 bits per heavy atom. The lowest BCUT2D eigenvalue weighted by molar-refractivity contribution is -0.0158. The maximum absolute atomic E-state index is 5.85. The lowest BCUT2D eigenvalue weighted by atomic mass is 9.99. The van der Waals surface area contributed by atoms with Crippen LogP contribution in [0.1, 0.15) is 59.4 Å². The van der Waals surface area contributed by atoms with Gasteiger partial charge in [0.1, 0.15) is 17.6 Å². The standard InChI is InChI=1S/C21H32O3/c1-6-23-21(4,5)12-11-16(2)8-7-13-22-19-10-9-18-14-17(3)24-20(18)15-19/h8-10,15,17H,6-7,11-14H2,1-5H3/b16-8+. The zero-order valence-corrected chi connectivity index (χ0v) is 15.9. The summed E-state index contributed by atoms with van der Waals surface area (Å²) in [4.78, 5) is 0. The number of benzene rings is 1. The summed E-state index contributed by atoms with van der Waals surface area (Å²) in [6, 6.07) is 6.17. The van der Waals surface area contributed by atoms with Gasteiger partial charge in [-0.25, -0.2) is 0 Å². The van der Waals surface area contributed by atoms with Gasteiger partial charge < -0.3 is 14.2 Å². The first-order valence-electron chi connectivity index (χ1n) is 9.11. The summed E-state index contributed by atoms with van der Waals surface area (Å²) in [6.07, 6.45) is 6.59. The van der Waals surface area contributed by atoms with Gasteiger partial charge in [0.05, 0.1) is 12.2 Å². The second kappa shape index (κ2) is 8.57. The quantitative estimate of drug-likeness (QED) is 0.452. The largest absolute Gasteiger partial charge is 0.493 e. The molecular weight excluding hydrogens is 300 g/mol. The molecule has 1 aliphatic heterocycles. The van der Waals surface area contributed by atoms with Gasteiger partial charge in [-0.05, 0) is 65.5 Å². The highest BCUT2D eigenvalue weighted by molar-refractivity contribution is 5.43. The monoisotopic (exact) mass is 332 g/mol. The van der Waals surface area contributed by atoms with Crippen molar-refractivity contribution < 1.29 is 14.2 Å². The van der Waals surface area contributed by atoms with Gasteiger partial charge in [0.2, 0.25) is 0 Å². The Kier molecular flexibility index (Phi) is 6.73. The molecule has 0 bridgehead atoms. The maximum Gasteiger partial charge on any atom is 0.126 e. The Hall–Kier alpha value is -1.48. The molecule has 1 aliphatic rings. The van der Waals surface area contributed by atoms with Gasteiger partial charge in [-0.2, -0.15) is 0 Å². The van der Waals surface area contributed by atoms with Gasteiger partial charge in [0.15, 0.2) is 0 Å². The summed E-state index contributed by atoms with van der Waals surface area (Å²) in [5, 5.41) is 0. The van der Waals surface area contributed by atoms with Crippen LogP contribution >= 0.6 is 0 Å². The molecule has 1 heterocycles. The normalized spacial score (nSPS) is 17.5. The van der Waals surface area contributed by atoms with E-state index in [1.807, 2.05) is 19.1 Å². The summed E-state index contributed by atoms with van der Waals surface area (Å²) in [6.45, 7) is 12.1. The molecular formula is C21H32O3. The summed E-state index contributed by atoms with van der Waals surface area (Å²) in [7, 11) is 0. The summed E-state index contributed by atoms with van der Waals surface area (Å²) in [5.41, 5.74) is 2.64. The molecule has 2 rings (SSSR count). The van der Waals surface area contributed by atoms with Crippen LogP contribution in [0.15, 0.2) is 29.8 Å². The first kappa shape index (κ1) is 18.9. The minimum atomic E-state index is -0.0398. The average Bonchev–Trinajstić information content (AvgIpc) is 2.89. The Labute approximate surface area is 147 Å². The van der Waals surface area contributed by atoms with Crippen LogP contribution in [0, 0.1) is 0 Å². The number of ether oxygens (including phenoxy) is 3. The van der Waals surface area contributed by atoms with Gasteiger partial charge in [-0.3, -0.25) is 0 Å². The minimum absolute atomic E-state index is 0.0398. The molecule has 0 aromatic heterocycles. The van der Waals surface area contributed by atoms with Gasteiger partial charge in [-0.15, -0.1) is 0 Å². The van der Waals surface area contributed by atoms with Crippen LogP contribution in [0.4, 0.5) is 0 Å². The van der Waals surface area contributed by atoms with Crippen LogP contribution in [0.5, 0.6) is 11.5 Å². The SMILES string of the molecule is CCOC(C)(C)CC/C(C)=C/CCOc1ccc2c(c1)OC(C)C2. The van der Waals surface area contributed by atoms with Crippen LogP contribution in [-0.4, -0.2) is 24.9 Å². The lowest BCUT2D eigenvalue weighted by Gasteiger charge is -2.24. The molecule has 134 valence electrons. The molecule has 0 saturated heterocycles. The first-order chi connectivity index (χ1) is 11.4. The van der Waals surface area contributed by atoms with Crippen LogP contribution < -0.4 is 9.47 Å². The highest BCUT2D eigenvalue weighted by atomic mass is 16.5. The van der Waals surface area contributed by atoms with E-state index in [0.29, 0.717) is 6.61 Å². The third kappa shape index (κ3) is 5.86. The van der Waals surface area contributed by atoms with Crippen molar-refractivity contribution in [1.82, 2.24) is 0 Å². The molecule has 1 aromatic rings. The summed E-state index contributed by atoms with van der Waals surface area (Å²) < 4.78 is 17.4. The number of rotatable bonds is 9. The van der Waals surface area contributed by atoms with E-state index in [1.165, 1.54) is 11.1 Å². The fourth-order valence-electron chi connectivity index (χ4n) is 3.02. The fraction of sp³-hybridized carbons (Fsp3) is 0.619. The second-order valence-corrected chi connectivity index (χ2v) is 7.28. The maximum atomic E-state index is 5.85. The molecule has 0 aliphatic carbocycles. The van der Waals surface area contributed by atoms with Crippen molar-refractivity contribution in [3.05, 3.63) is 35.4 Å². The molecule has 3 heteroatoms. The van der Waals surface area contributed by atoms with Crippen LogP contribution in [-0.2, 0) is 11.2 Å². The number of hydrogen-bond donors (Lipinski definition) is 0. The lowest BCUT2D eigenvalue weighted by Crippen LogP contribution is -2.24. The zero-order chi connectivity index (χ0) is 17.6. The van der Waals surface area contributed by atoms with Gasteiger partial charge in [0, 0.05) is 19.1 Å². The topological polar surface area (TPSA) is 27.7 Å². The van der Waals surface area contributed by atoms with Crippen molar-refractivity contribution in [2.24, 2.45) is 0 Å². The molecule has 0 fully saturated rings. The van der Waals surface area contributed by atoms with E-state index >= 15 is 0 Å². The van der Waals surface area contributed by atoms with Crippen molar-refractivity contribution in [3.8, 4) is 11.5 Å². The van der Waals surface area contributed by atoms with Crippen LogP contribution in [0.2, 0.25) is 0 Å². The fourth-order valence-corrected chi connectivity index (χ4v) is 3.02. The molecule has 0 N–H and O–H groups in total. The van der Waals surface area contributed by atoms with Crippen LogP contribution in [0.25, 0.3) is 0 Å². The van der Waals surface area contributed by atoms with Crippen LogP contribution in [0.3, 0.4) is 0 Å². The molecule has 24 heavy (non-hydrogen) atoms. The Morgan fingerprint density at radius 2 is 2.17 bits per heavy atom.